The van der Waals surface area contributed by atoms with E-state index in [4.69, 9.17) is 16.2 Å². The van der Waals surface area contributed by atoms with Crippen molar-refractivity contribution in [3.8, 4) is 0 Å². The number of hydrogen-bond acceptors (Lipinski definition) is 6. The number of aromatic nitrogens is 2. The lowest BCUT2D eigenvalue weighted by Gasteiger charge is -2.37. The molecule has 3 rings (SSSR count). The Balaban J connectivity index is 1.64. The second-order valence-corrected chi connectivity index (χ2v) is 5.91. The summed E-state index contributed by atoms with van der Waals surface area (Å²) in [6.07, 6.45) is 4.04. The maximum Gasteiger partial charge on any atom is 0.437 e. The van der Waals surface area contributed by atoms with Crippen molar-refractivity contribution in [1.82, 2.24) is 9.97 Å². The zero-order chi connectivity index (χ0) is 19.2. The van der Waals surface area contributed by atoms with Gasteiger partial charge in [-0.25, -0.2) is 19.2 Å². The van der Waals surface area contributed by atoms with Gasteiger partial charge in [0.15, 0.2) is 11.8 Å². The lowest BCUT2D eigenvalue weighted by molar-refractivity contribution is 0.149. The van der Waals surface area contributed by atoms with Crippen LogP contribution in [0.5, 0.6) is 0 Å². The number of carbonyl (C=O) groups is 1. The Morgan fingerprint density at radius 1 is 1.15 bits per heavy atom. The van der Waals surface area contributed by atoms with Gasteiger partial charge in [-0.15, -0.1) is 4.99 Å². The lowest BCUT2D eigenvalue weighted by atomic mass is 10.1. The van der Waals surface area contributed by atoms with E-state index < -0.39 is 17.9 Å². The Labute approximate surface area is 155 Å². The van der Waals surface area contributed by atoms with Crippen LogP contribution in [0.2, 0.25) is 0 Å². The molecule has 1 aliphatic heterocycles. The van der Waals surface area contributed by atoms with Crippen molar-refractivity contribution in [3.63, 3.8) is 0 Å². The molecular weight excluding hydrogens is 353 g/mol. The Kier molecular flexibility index (Phi) is 5.64. The van der Waals surface area contributed by atoms with E-state index in [0.29, 0.717) is 18.8 Å². The molecule has 2 aromatic rings. The van der Waals surface area contributed by atoms with E-state index in [2.05, 4.69) is 19.9 Å². The van der Waals surface area contributed by atoms with Gasteiger partial charge in [0.1, 0.15) is 12.9 Å². The van der Waals surface area contributed by atoms with Gasteiger partial charge in [0.05, 0.1) is 23.8 Å². The molecular formula is C17H20FN7O2. The van der Waals surface area contributed by atoms with E-state index in [0.717, 1.165) is 18.8 Å². The third kappa shape index (κ3) is 4.60. The van der Waals surface area contributed by atoms with E-state index in [1.807, 2.05) is 4.90 Å². The lowest BCUT2D eigenvalue weighted by Crippen LogP contribution is -2.47. The van der Waals surface area contributed by atoms with Crippen LogP contribution in [0.1, 0.15) is 5.56 Å². The molecule has 1 fully saturated rings. The monoisotopic (exact) mass is 373 g/mol. The van der Waals surface area contributed by atoms with Crippen molar-refractivity contribution >= 4 is 23.4 Å². The number of aliphatic imine (C=N–C) groups is 1. The van der Waals surface area contributed by atoms with Crippen LogP contribution >= 0.6 is 0 Å². The average molecular weight is 373 g/mol. The Morgan fingerprint density at radius 3 is 2.48 bits per heavy atom. The van der Waals surface area contributed by atoms with Crippen molar-refractivity contribution < 1.29 is 13.9 Å². The number of anilines is 2. The van der Waals surface area contributed by atoms with Gasteiger partial charge in [-0.2, -0.15) is 0 Å². The first-order chi connectivity index (χ1) is 13.0. The minimum Gasteiger partial charge on any atom is -0.443 e. The Bertz CT molecular complexity index is 819. The molecule has 27 heavy (non-hydrogen) atoms. The van der Waals surface area contributed by atoms with Gasteiger partial charge in [0.25, 0.3) is 0 Å². The fourth-order valence-corrected chi connectivity index (χ4v) is 2.86. The fraction of sp³-hybridized carbons (Fsp3) is 0.294. The van der Waals surface area contributed by atoms with Crippen molar-refractivity contribution in [2.75, 3.05) is 36.0 Å². The molecule has 0 spiro atoms. The quantitative estimate of drug-likeness (QED) is 0.597. The van der Waals surface area contributed by atoms with Gasteiger partial charge in [-0.1, -0.05) is 12.1 Å². The number of nitrogens with two attached hydrogens (primary N) is 2. The molecule has 0 atom stereocenters. The number of nitrogens with zero attached hydrogens (tertiary/aromatic N) is 5. The molecule has 9 nitrogen and oxygen atoms in total. The Hall–Kier alpha value is -3.43. The largest absolute Gasteiger partial charge is 0.443 e. The first-order valence-corrected chi connectivity index (χ1v) is 8.33. The molecule has 1 amide bonds. The van der Waals surface area contributed by atoms with Crippen LogP contribution in [0.4, 0.5) is 20.6 Å². The number of benzene rings is 1. The van der Waals surface area contributed by atoms with Crippen molar-refractivity contribution in [1.29, 1.82) is 0 Å². The normalized spacial score (nSPS) is 14.0. The molecule has 1 aromatic heterocycles. The number of halogens is 1. The van der Waals surface area contributed by atoms with Gasteiger partial charge in [0, 0.05) is 31.7 Å². The number of piperazine rings is 1. The summed E-state index contributed by atoms with van der Waals surface area (Å²) in [5.41, 5.74) is 11.9. The topological polar surface area (TPSA) is 123 Å². The van der Waals surface area contributed by atoms with E-state index in [1.54, 1.807) is 30.6 Å². The number of hydrogen-bond donors (Lipinski definition) is 2. The van der Waals surface area contributed by atoms with Gasteiger partial charge < -0.3 is 26.0 Å². The van der Waals surface area contributed by atoms with Crippen LogP contribution in [0.25, 0.3) is 0 Å². The van der Waals surface area contributed by atoms with Gasteiger partial charge in [0.2, 0.25) is 0 Å². The minimum absolute atomic E-state index is 0.253. The van der Waals surface area contributed by atoms with Crippen molar-refractivity contribution in [3.05, 3.63) is 48.3 Å². The van der Waals surface area contributed by atoms with E-state index in [9.17, 15) is 9.18 Å². The van der Waals surface area contributed by atoms with Crippen molar-refractivity contribution in [2.45, 2.75) is 6.61 Å². The summed E-state index contributed by atoms with van der Waals surface area (Å²) in [5, 5.41) is 0. The van der Waals surface area contributed by atoms with Crippen LogP contribution in [0, 0.1) is 5.82 Å². The van der Waals surface area contributed by atoms with Crippen LogP contribution in [-0.2, 0) is 11.3 Å². The summed E-state index contributed by atoms with van der Waals surface area (Å²) in [7, 11) is 0. The molecule has 0 bridgehead atoms. The number of rotatable bonds is 4. The highest BCUT2D eigenvalue weighted by Gasteiger charge is 2.21. The summed E-state index contributed by atoms with van der Waals surface area (Å²) in [6.45, 7) is 2.47. The standard InChI is InChI=1S/C17H20FN7O2/c18-15-12(10-27-17(26)23-16(19)20)2-1-3-14(15)25-6-4-24(5-7-25)13-8-21-11-22-9-13/h1-3,8-9,11H,4-7,10H2,(H4,19,20,23,26). The predicted octanol–water partition coefficient (Wildman–Crippen LogP) is 0.852. The van der Waals surface area contributed by atoms with Crippen LogP contribution in [-0.4, -0.2) is 48.2 Å². The van der Waals surface area contributed by atoms with Gasteiger partial charge >= 0.3 is 6.09 Å². The molecule has 142 valence electrons. The SMILES string of the molecule is NC(N)=NC(=O)OCc1cccc(N2CCN(c3cncnc3)CC2)c1F. The van der Waals surface area contributed by atoms with Crippen LogP contribution in [0.15, 0.2) is 41.9 Å². The fourth-order valence-electron chi connectivity index (χ4n) is 2.86. The molecule has 4 N–H and O–H groups in total. The summed E-state index contributed by atoms with van der Waals surface area (Å²) >= 11 is 0. The highest BCUT2D eigenvalue weighted by molar-refractivity contribution is 5.87. The third-order valence-electron chi connectivity index (χ3n) is 4.16. The van der Waals surface area contributed by atoms with E-state index in [1.165, 1.54) is 6.33 Å². The molecule has 1 aliphatic rings. The van der Waals surface area contributed by atoms with Crippen LogP contribution < -0.4 is 21.3 Å². The smallest absolute Gasteiger partial charge is 0.437 e. The maximum atomic E-state index is 14.8. The second kappa shape index (κ2) is 8.30. The second-order valence-electron chi connectivity index (χ2n) is 5.91. The molecule has 1 saturated heterocycles. The first-order valence-electron chi connectivity index (χ1n) is 8.33. The predicted molar refractivity (Wildman–Crippen MR) is 98.9 cm³/mol. The number of amides is 1. The zero-order valence-corrected chi connectivity index (χ0v) is 14.6. The average Bonchev–Trinajstić information content (AvgIpc) is 2.67. The highest BCUT2D eigenvalue weighted by atomic mass is 19.1. The Morgan fingerprint density at radius 2 is 1.81 bits per heavy atom. The highest BCUT2D eigenvalue weighted by Crippen LogP contribution is 2.25. The minimum atomic E-state index is -0.960. The van der Waals surface area contributed by atoms with Gasteiger partial charge in [-0.05, 0) is 6.07 Å². The van der Waals surface area contributed by atoms with Crippen molar-refractivity contribution in [2.24, 2.45) is 16.5 Å². The molecule has 1 aromatic carbocycles. The summed E-state index contributed by atoms with van der Waals surface area (Å²) in [5.74, 6) is -0.831. The molecule has 0 unspecified atom stereocenters. The molecule has 0 aliphatic carbocycles. The number of ether oxygens (including phenoxy) is 1. The molecule has 0 radical (unpaired) electrons. The first kappa shape index (κ1) is 18.4. The molecule has 0 saturated carbocycles. The van der Waals surface area contributed by atoms with Gasteiger partial charge in [-0.3, -0.25) is 0 Å². The van der Waals surface area contributed by atoms with Crippen LogP contribution in [0.3, 0.4) is 0 Å². The van der Waals surface area contributed by atoms with E-state index >= 15 is 0 Å². The van der Waals surface area contributed by atoms with E-state index in [-0.39, 0.29) is 12.2 Å². The summed E-state index contributed by atoms with van der Waals surface area (Å²) in [4.78, 5) is 26.8. The summed E-state index contributed by atoms with van der Waals surface area (Å²) in [6, 6.07) is 4.98. The maximum absolute atomic E-state index is 14.8. The number of guanidine groups is 1. The molecule has 10 heteroatoms. The third-order valence-corrected chi connectivity index (χ3v) is 4.16. The summed E-state index contributed by atoms with van der Waals surface area (Å²) < 4.78 is 19.7. The zero-order valence-electron chi connectivity index (χ0n) is 14.6. The number of carbonyl (C=O) groups excluding carboxylic acids is 1. The molecule has 2 heterocycles.